The topological polar surface area (TPSA) is 61.4 Å². The van der Waals surface area contributed by atoms with Crippen molar-refractivity contribution in [1.29, 1.82) is 0 Å². The molecule has 0 saturated carbocycles. The van der Waals surface area contributed by atoms with Gasteiger partial charge in [-0.3, -0.25) is 4.79 Å². The first kappa shape index (κ1) is 15.0. The van der Waals surface area contributed by atoms with Gasteiger partial charge in [0.05, 0.1) is 6.04 Å². The number of amides is 1. The summed E-state index contributed by atoms with van der Waals surface area (Å²) in [6.45, 7) is 1.14. The summed E-state index contributed by atoms with van der Waals surface area (Å²) in [5.74, 6) is 0.0744. The minimum atomic E-state index is -0.0970. The van der Waals surface area contributed by atoms with Crippen LogP contribution in [0, 0.1) is 0 Å². The van der Waals surface area contributed by atoms with Gasteiger partial charge in [-0.1, -0.05) is 31.0 Å². The molecular formula is C16H24N2O2. The average Bonchev–Trinajstić information content (AvgIpc) is 2.62. The molecule has 0 aliphatic carbocycles. The molecule has 110 valence electrons. The van der Waals surface area contributed by atoms with Crippen LogP contribution in [0.1, 0.15) is 37.7 Å². The Balaban J connectivity index is 1.76. The van der Waals surface area contributed by atoms with E-state index in [2.05, 4.69) is 16.7 Å². The number of hydrogen-bond acceptors (Lipinski definition) is 3. The normalized spacial score (nSPS) is 18.2. The van der Waals surface area contributed by atoms with Crippen LogP contribution in [0.25, 0.3) is 0 Å². The molecule has 1 atom stereocenters. The van der Waals surface area contributed by atoms with Gasteiger partial charge in [-0.05, 0) is 43.9 Å². The van der Waals surface area contributed by atoms with Crippen LogP contribution >= 0.6 is 0 Å². The van der Waals surface area contributed by atoms with Crippen molar-refractivity contribution in [2.75, 3.05) is 18.5 Å². The number of fused-ring (bicyclic) bond motifs is 1. The predicted octanol–water partition coefficient (Wildman–Crippen LogP) is 2.08. The molecule has 0 bridgehead atoms. The molecular weight excluding hydrogens is 252 g/mol. The van der Waals surface area contributed by atoms with Gasteiger partial charge in [0, 0.05) is 12.3 Å². The summed E-state index contributed by atoms with van der Waals surface area (Å²) in [4.78, 5) is 12.1. The third kappa shape index (κ3) is 4.32. The second-order valence-electron chi connectivity index (χ2n) is 5.33. The number of aliphatic hydroxyl groups excluding tert-OH is 1. The Labute approximate surface area is 120 Å². The van der Waals surface area contributed by atoms with Crippen molar-refractivity contribution in [3.05, 3.63) is 29.8 Å². The van der Waals surface area contributed by atoms with Crippen LogP contribution in [0.4, 0.5) is 5.69 Å². The van der Waals surface area contributed by atoms with Crippen LogP contribution in [-0.4, -0.2) is 30.2 Å². The van der Waals surface area contributed by atoms with E-state index in [1.807, 2.05) is 18.2 Å². The first-order valence-electron chi connectivity index (χ1n) is 7.54. The van der Waals surface area contributed by atoms with E-state index in [9.17, 15) is 4.79 Å². The van der Waals surface area contributed by atoms with Crippen LogP contribution in [0.2, 0.25) is 0 Å². The van der Waals surface area contributed by atoms with Crippen molar-refractivity contribution in [3.63, 3.8) is 0 Å². The Hall–Kier alpha value is -1.39. The number of hydrogen-bond donors (Lipinski definition) is 3. The molecule has 20 heavy (non-hydrogen) atoms. The number of nitrogens with one attached hydrogen (secondary N) is 2. The molecule has 2 rings (SSSR count). The zero-order valence-corrected chi connectivity index (χ0v) is 11.9. The van der Waals surface area contributed by atoms with Gasteiger partial charge in [-0.25, -0.2) is 0 Å². The SMILES string of the molecule is O=C1Nc2ccccc2CCC1NCCCCCCO. The minimum absolute atomic E-state index is 0.0744. The molecule has 0 saturated heterocycles. The third-order valence-corrected chi connectivity index (χ3v) is 3.77. The zero-order valence-electron chi connectivity index (χ0n) is 11.9. The predicted molar refractivity (Wildman–Crippen MR) is 80.7 cm³/mol. The lowest BCUT2D eigenvalue weighted by Crippen LogP contribution is -2.40. The molecule has 1 aromatic rings. The lowest BCUT2D eigenvalue weighted by atomic mass is 10.1. The van der Waals surface area contributed by atoms with Gasteiger partial charge in [0.2, 0.25) is 5.91 Å². The number of carbonyl (C=O) groups excluding carboxylic acids is 1. The second-order valence-corrected chi connectivity index (χ2v) is 5.33. The molecule has 1 aliphatic heterocycles. The van der Waals surface area contributed by atoms with Gasteiger partial charge in [0.25, 0.3) is 0 Å². The lowest BCUT2D eigenvalue weighted by molar-refractivity contribution is -0.118. The van der Waals surface area contributed by atoms with Crippen molar-refractivity contribution >= 4 is 11.6 Å². The molecule has 1 unspecified atom stereocenters. The quantitative estimate of drug-likeness (QED) is 0.668. The first-order chi connectivity index (χ1) is 9.81. The van der Waals surface area contributed by atoms with Crippen molar-refractivity contribution in [3.8, 4) is 0 Å². The molecule has 0 spiro atoms. The van der Waals surface area contributed by atoms with E-state index in [1.54, 1.807) is 0 Å². The van der Waals surface area contributed by atoms with E-state index >= 15 is 0 Å². The molecule has 0 fully saturated rings. The van der Waals surface area contributed by atoms with E-state index in [4.69, 9.17) is 5.11 Å². The molecule has 1 heterocycles. The number of carbonyl (C=O) groups is 1. The fourth-order valence-electron chi connectivity index (χ4n) is 2.57. The molecule has 0 aromatic heterocycles. The second kappa shape index (κ2) is 8.02. The molecule has 1 amide bonds. The summed E-state index contributed by atoms with van der Waals surface area (Å²) >= 11 is 0. The molecule has 3 N–H and O–H groups in total. The van der Waals surface area contributed by atoms with E-state index in [-0.39, 0.29) is 18.6 Å². The smallest absolute Gasteiger partial charge is 0.241 e. The zero-order chi connectivity index (χ0) is 14.2. The van der Waals surface area contributed by atoms with E-state index in [1.165, 1.54) is 5.56 Å². The molecule has 0 radical (unpaired) electrons. The van der Waals surface area contributed by atoms with Gasteiger partial charge in [0.15, 0.2) is 0 Å². The van der Waals surface area contributed by atoms with Gasteiger partial charge >= 0.3 is 0 Å². The summed E-state index contributed by atoms with van der Waals surface area (Å²) < 4.78 is 0. The van der Waals surface area contributed by atoms with Crippen LogP contribution < -0.4 is 10.6 Å². The molecule has 1 aliphatic rings. The maximum Gasteiger partial charge on any atom is 0.241 e. The van der Waals surface area contributed by atoms with Crippen LogP contribution in [-0.2, 0) is 11.2 Å². The van der Waals surface area contributed by atoms with Crippen molar-refractivity contribution in [2.45, 2.75) is 44.6 Å². The lowest BCUT2D eigenvalue weighted by Gasteiger charge is -2.15. The van der Waals surface area contributed by atoms with Gasteiger partial charge in [-0.15, -0.1) is 0 Å². The number of aryl methyl sites for hydroxylation is 1. The van der Waals surface area contributed by atoms with Crippen molar-refractivity contribution in [2.24, 2.45) is 0 Å². The maximum absolute atomic E-state index is 12.1. The van der Waals surface area contributed by atoms with Crippen molar-refractivity contribution < 1.29 is 9.90 Å². The number of benzene rings is 1. The third-order valence-electron chi connectivity index (χ3n) is 3.77. The fourth-order valence-corrected chi connectivity index (χ4v) is 2.57. The highest BCUT2D eigenvalue weighted by Gasteiger charge is 2.22. The van der Waals surface area contributed by atoms with Gasteiger partial charge < -0.3 is 15.7 Å². The summed E-state index contributed by atoms with van der Waals surface area (Å²) in [6.07, 6.45) is 5.86. The first-order valence-corrected chi connectivity index (χ1v) is 7.54. The van der Waals surface area contributed by atoms with Gasteiger partial charge in [-0.2, -0.15) is 0 Å². The summed E-state index contributed by atoms with van der Waals surface area (Å²) in [5, 5.41) is 15.1. The Morgan fingerprint density at radius 2 is 2.00 bits per heavy atom. The molecule has 4 nitrogen and oxygen atoms in total. The van der Waals surface area contributed by atoms with Gasteiger partial charge in [0.1, 0.15) is 0 Å². The highest BCUT2D eigenvalue weighted by atomic mass is 16.2. The van der Waals surface area contributed by atoms with E-state index < -0.39 is 0 Å². The molecule has 4 heteroatoms. The Kier molecular flexibility index (Phi) is 6.02. The number of anilines is 1. The maximum atomic E-state index is 12.1. The fraction of sp³-hybridized carbons (Fsp3) is 0.562. The van der Waals surface area contributed by atoms with Crippen LogP contribution in [0.3, 0.4) is 0 Å². The number of aliphatic hydroxyl groups is 1. The van der Waals surface area contributed by atoms with E-state index in [0.29, 0.717) is 0 Å². The van der Waals surface area contributed by atoms with Crippen LogP contribution in [0.5, 0.6) is 0 Å². The monoisotopic (exact) mass is 276 g/mol. The summed E-state index contributed by atoms with van der Waals surface area (Å²) in [7, 11) is 0. The molecule has 1 aromatic carbocycles. The largest absolute Gasteiger partial charge is 0.396 e. The highest BCUT2D eigenvalue weighted by Crippen LogP contribution is 2.21. The average molecular weight is 276 g/mol. The number of para-hydroxylation sites is 1. The summed E-state index contributed by atoms with van der Waals surface area (Å²) in [5.41, 5.74) is 2.16. The Bertz CT molecular complexity index is 434. The Morgan fingerprint density at radius 1 is 1.20 bits per heavy atom. The highest BCUT2D eigenvalue weighted by molar-refractivity contribution is 5.96. The van der Waals surface area contributed by atoms with Crippen LogP contribution in [0.15, 0.2) is 24.3 Å². The van der Waals surface area contributed by atoms with Crippen molar-refractivity contribution in [1.82, 2.24) is 5.32 Å². The number of unbranched alkanes of at least 4 members (excludes halogenated alkanes) is 3. The minimum Gasteiger partial charge on any atom is -0.396 e. The standard InChI is InChI=1S/C16H24N2O2/c19-12-6-2-1-5-11-17-15-10-9-13-7-3-4-8-14(13)18-16(15)20/h3-4,7-8,15,17,19H,1-2,5-6,9-12H2,(H,18,20). The number of rotatable bonds is 7. The Morgan fingerprint density at radius 3 is 2.85 bits per heavy atom. The summed E-state index contributed by atoms with van der Waals surface area (Å²) in [6, 6.07) is 7.91. The van der Waals surface area contributed by atoms with E-state index in [0.717, 1.165) is 50.8 Å².